The molecule has 0 aliphatic rings. The third kappa shape index (κ3) is 5.76. The van der Waals surface area contributed by atoms with Crippen LogP contribution < -0.4 is 20.9 Å². The maximum absolute atomic E-state index is 11.8. The zero-order chi connectivity index (χ0) is 18.9. The Bertz CT molecular complexity index is 813. The van der Waals surface area contributed by atoms with Crippen molar-refractivity contribution in [3.05, 3.63) is 59.7 Å². The lowest BCUT2D eigenvalue weighted by Crippen LogP contribution is -2.45. The van der Waals surface area contributed by atoms with Crippen LogP contribution in [0.15, 0.2) is 48.5 Å². The Hall–Kier alpha value is -3.11. The van der Waals surface area contributed by atoms with Crippen molar-refractivity contribution in [1.29, 1.82) is 5.26 Å². The molecule has 2 aromatic rings. The van der Waals surface area contributed by atoms with Crippen molar-refractivity contribution in [2.75, 3.05) is 11.9 Å². The molecule has 0 fully saturated rings. The van der Waals surface area contributed by atoms with Gasteiger partial charge >= 0.3 is 0 Å². The molecule has 0 saturated carbocycles. The highest BCUT2D eigenvalue weighted by molar-refractivity contribution is 7.80. The number of hydrogen-bond donors (Lipinski definition) is 3. The van der Waals surface area contributed by atoms with Gasteiger partial charge in [0.05, 0.1) is 5.56 Å². The van der Waals surface area contributed by atoms with Crippen LogP contribution in [0.2, 0.25) is 0 Å². The summed E-state index contributed by atoms with van der Waals surface area (Å²) >= 11 is 5.14. The van der Waals surface area contributed by atoms with E-state index in [1.54, 1.807) is 24.3 Å². The van der Waals surface area contributed by atoms with Crippen LogP contribution in [-0.2, 0) is 4.79 Å². The minimum Gasteiger partial charge on any atom is -0.482 e. The molecule has 2 rings (SSSR count). The zero-order valence-corrected chi connectivity index (χ0v) is 15.4. The maximum atomic E-state index is 11.8. The first kappa shape index (κ1) is 19.2. The van der Waals surface area contributed by atoms with Gasteiger partial charge in [0.25, 0.3) is 5.91 Å². The summed E-state index contributed by atoms with van der Waals surface area (Å²) in [6.45, 7) is 4.01. The fraction of sp³-hybridized carbons (Fsp3) is 0.211. The Morgan fingerprint density at radius 2 is 1.85 bits per heavy atom. The molecular formula is C19H20N4O2S. The molecule has 0 heterocycles. The molecule has 3 N–H and O–H groups in total. The van der Waals surface area contributed by atoms with E-state index in [9.17, 15) is 4.79 Å². The van der Waals surface area contributed by atoms with E-state index in [2.05, 4.69) is 30.0 Å². The second-order valence-electron chi connectivity index (χ2n) is 5.80. The monoisotopic (exact) mass is 368 g/mol. The number of carbonyl (C=O) groups excluding carboxylic acids is 1. The fourth-order valence-corrected chi connectivity index (χ4v) is 2.27. The van der Waals surface area contributed by atoms with E-state index in [1.807, 2.05) is 30.3 Å². The zero-order valence-electron chi connectivity index (χ0n) is 14.6. The van der Waals surface area contributed by atoms with Crippen LogP contribution in [0.5, 0.6) is 5.75 Å². The highest BCUT2D eigenvalue weighted by Gasteiger charge is 2.07. The number of nitriles is 1. The second kappa shape index (κ2) is 9.39. The van der Waals surface area contributed by atoms with Crippen LogP contribution in [0.1, 0.15) is 30.9 Å². The number of rotatable bonds is 5. The molecule has 0 atom stereocenters. The molecule has 0 spiro atoms. The second-order valence-corrected chi connectivity index (χ2v) is 6.21. The highest BCUT2D eigenvalue weighted by Crippen LogP contribution is 2.17. The van der Waals surface area contributed by atoms with Crippen molar-refractivity contribution < 1.29 is 9.53 Å². The maximum Gasteiger partial charge on any atom is 0.276 e. The first-order chi connectivity index (χ1) is 12.5. The molecule has 0 radical (unpaired) electrons. The molecule has 1 amide bonds. The minimum absolute atomic E-state index is 0.239. The smallest absolute Gasteiger partial charge is 0.276 e. The predicted molar refractivity (Wildman–Crippen MR) is 105 cm³/mol. The van der Waals surface area contributed by atoms with Gasteiger partial charge in [-0.25, -0.2) is 0 Å². The van der Waals surface area contributed by atoms with E-state index in [1.165, 1.54) is 5.56 Å². The minimum atomic E-state index is -0.419. The lowest BCUT2D eigenvalue weighted by Gasteiger charge is -2.13. The van der Waals surface area contributed by atoms with E-state index in [0.29, 0.717) is 17.2 Å². The summed E-state index contributed by atoms with van der Waals surface area (Å²) < 4.78 is 5.34. The van der Waals surface area contributed by atoms with Gasteiger partial charge in [-0.3, -0.25) is 15.6 Å². The number of benzene rings is 2. The average Bonchev–Trinajstić information content (AvgIpc) is 2.65. The number of nitrogens with one attached hydrogen (secondary N) is 3. The van der Waals surface area contributed by atoms with Crippen molar-refractivity contribution in [2.45, 2.75) is 19.8 Å². The normalized spacial score (nSPS) is 9.92. The molecule has 0 aliphatic heterocycles. The molecule has 0 saturated heterocycles. The van der Waals surface area contributed by atoms with Crippen LogP contribution in [-0.4, -0.2) is 17.6 Å². The highest BCUT2D eigenvalue weighted by atomic mass is 32.1. The summed E-state index contributed by atoms with van der Waals surface area (Å²) in [7, 11) is 0. The SMILES string of the molecule is CC(C)c1ccc(NC(=S)NNC(=O)COc2ccccc2C#N)cc1. The van der Waals surface area contributed by atoms with Crippen LogP contribution in [0, 0.1) is 11.3 Å². The van der Waals surface area contributed by atoms with Crippen molar-refractivity contribution in [3.8, 4) is 11.8 Å². The van der Waals surface area contributed by atoms with Gasteiger partial charge in [0.2, 0.25) is 0 Å². The third-order valence-corrected chi connectivity index (χ3v) is 3.72. The summed E-state index contributed by atoms with van der Waals surface area (Å²) in [5.74, 6) is 0.396. The summed E-state index contributed by atoms with van der Waals surface area (Å²) in [5, 5.41) is 12.2. The largest absolute Gasteiger partial charge is 0.482 e. The lowest BCUT2D eigenvalue weighted by molar-refractivity contribution is -0.123. The van der Waals surface area contributed by atoms with E-state index in [-0.39, 0.29) is 11.7 Å². The van der Waals surface area contributed by atoms with E-state index in [0.717, 1.165) is 5.69 Å². The van der Waals surface area contributed by atoms with E-state index >= 15 is 0 Å². The van der Waals surface area contributed by atoms with Gasteiger partial charge in [0, 0.05) is 5.69 Å². The number of hydrazine groups is 1. The summed E-state index contributed by atoms with van der Waals surface area (Å²) in [5.41, 5.74) is 7.47. The molecule has 7 heteroatoms. The van der Waals surface area contributed by atoms with Crippen molar-refractivity contribution >= 4 is 28.9 Å². The molecule has 0 aliphatic carbocycles. The Labute approximate surface area is 158 Å². The van der Waals surface area contributed by atoms with E-state index in [4.69, 9.17) is 22.2 Å². The fourth-order valence-electron chi connectivity index (χ4n) is 2.10. The number of thiocarbonyl (C=S) groups is 1. The van der Waals surface area contributed by atoms with Crippen LogP contribution in [0.25, 0.3) is 0 Å². The first-order valence-corrected chi connectivity index (χ1v) is 8.48. The summed E-state index contributed by atoms with van der Waals surface area (Å²) in [4.78, 5) is 11.8. The van der Waals surface area contributed by atoms with Gasteiger partial charge < -0.3 is 10.1 Å². The molecule has 0 aromatic heterocycles. The van der Waals surface area contributed by atoms with Gasteiger partial charge in [-0.2, -0.15) is 5.26 Å². The molecule has 2 aromatic carbocycles. The average molecular weight is 368 g/mol. The third-order valence-electron chi connectivity index (χ3n) is 3.52. The van der Waals surface area contributed by atoms with Crippen LogP contribution in [0.3, 0.4) is 0 Å². The number of ether oxygens (including phenoxy) is 1. The first-order valence-electron chi connectivity index (χ1n) is 8.07. The molecule has 0 bridgehead atoms. The molecular weight excluding hydrogens is 348 g/mol. The van der Waals surface area contributed by atoms with Crippen molar-refractivity contribution in [1.82, 2.24) is 10.9 Å². The Balaban J connectivity index is 1.76. The Morgan fingerprint density at radius 1 is 1.15 bits per heavy atom. The van der Waals surface area contributed by atoms with Gasteiger partial charge in [0.1, 0.15) is 11.8 Å². The van der Waals surface area contributed by atoms with Crippen LogP contribution in [0.4, 0.5) is 5.69 Å². The number of amides is 1. The van der Waals surface area contributed by atoms with Gasteiger partial charge in [-0.15, -0.1) is 0 Å². The molecule has 6 nitrogen and oxygen atoms in total. The Morgan fingerprint density at radius 3 is 2.50 bits per heavy atom. The van der Waals surface area contributed by atoms with E-state index < -0.39 is 5.91 Å². The summed E-state index contributed by atoms with van der Waals surface area (Å²) in [6.07, 6.45) is 0. The van der Waals surface area contributed by atoms with Gasteiger partial charge in [-0.05, 0) is 48.0 Å². The number of hydrogen-bond acceptors (Lipinski definition) is 4. The van der Waals surface area contributed by atoms with Crippen molar-refractivity contribution in [2.24, 2.45) is 0 Å². The van der Waals surface area contributed by atoms with Gasteiger partial charge in [-0.1, -0.05) is 38.1 Å². The summed E-state index contributed by atoms with van der Waals surface area (Å²) in [6, 6.07) is 16.6. The number of nitrogens with zero attached hydrogens (tertiary/aromatic N) is 1. The lowest BCUT2D eigenvalue weighted by atomic mass is 10.0. The van der Waals surface area contributed by atoms with Crippen LogP contribution >= 0.6 is 12.2 Å². The standard InChI is InChI=1S/C19H20N4O2S/c1-13(2)14-7-9-16(10-8-14)21-19(26)23-22-18(24)12-25-17-6-4-3-5-15(17)11-20/h3-10,13H,12H2,1-2H3,(H,22,24)(H2,21,23,26). The predicted octanol–water partition coefficient (Wildman–Crippen LogP) is 3.08. The van der Waals surface area contributed by atoms with Crippen molar-refractivity contribution in [3.63, 3.8) is 0 Å². The molecule has 134 valence electrons. The number of para-hydroxylation sites is 1. The Kier molecular flexibility index (Phi) is 6.94. The topological polar surface area (TPSA) is 86.2 Å². The molecule has 0 unspecified atom stereocenters. The number of anilines is 1. The van der Waals surface area contributed by atoms with Gasteiger partial charge in [0.15, 0.2) is 11.7 Å². The molecule has 26 heavy (non-hydrogen) atoms. The number of carbonyl (C=O) groups is 1. The quantitative estimate of drug-likeness (QED) is 0.555.